The van der Waals surface area contributed by atoms with Crippen LogP contribution >= 0.6 is 15.9 Å². The number of halogens is 5. The van der Waals surface area contributed by atoms with Crippen LogP contribution in [0.4, 0.5) is 23.2 Å². The molecule has 0 bridgehead atoms. The summed E-state index contributed by atoms with van der Waals surface area (Å²) in [4.78, 5) is 9.99. The molecule has 1 aromatic rings. The second-order valence-electron chi connectivity index (χ2n) is 3.67. The minimum atomic E-state index is -4.13. The van der Waals surface area contributed by atoms with E-state index in [4.69, 9.17) is 0 Å². The van der Waals surface area contributed by atoms with Crippen LogP contribution in [0.1, 0.15) is 5.56 Å². The molecule has 9 heteroatoms. The summed E-state index contributed by atoms with van der Waals surface area (Å²) in [5, 5.41) is 12.8. The Labute approximate surface area is 114 Å². The molecule has 0 radical (unpaired) electrons. The average molecular weight is 345 g/mol. The fraction of sp³-hybridized carbons (Fsp3) is 0.400. The molecule has 106 valence electrons. The molecule has 0 spiro atoms. The zero-order valence-electron chi connectivity index (χ0n) is 9.38. The topological polar surface area (TPSA) is 55.2 Å². The first-order valence-electron chi connectivity index (χ1n) is 5.04. The largest absolute Gasteiger partial charge is 0.319 e. The van der Waals surface area contributed by atoms with E-state index < -0.39 is 23.8 Å². The number of alkyl halides is 4. The summed E-state index contributed by atoms with van der Waals surface area (Å²) in [7, 11) is 0. The molecule has 0 aliphatic heterocycles. The molecule has 0 atom stereocenters. The summed E-state index contributed by atoms with van der Waals surface area (Å²) in [5.41, 5.74) is 0.110. The first-order chi connectivity index (χ1) is 8.75. The van der Waals surface area contributed by atoms with Gasteiger partial charge in [0.05, 0.1) is 15.9 Å². The maximum atomic E-state index is 12.6. The van der Waals surface area contributed by atoms with Crippen molar-refractivity contribution in [2.45, 2.75) is 18.9 Å². The summed E-state index contributed by atoms with van der Waals surface area (Å²) < 4.78 is 49.2. The lowest BCUT2D eigenvalue weighted by Crippen LogP contribution is -2.38. The number of benzene rings is 1. The van der Waals surface area contributed by atoms with Gasteiger partial charge in [-0.3, -0.25) is 10.1 Å². The van der Waals surface area contributed by atoms with Gasteiger partial charge >= 0.3 is 12.3 Å². The third-order valence-corrected chi connectivity index (χ3v) is 3.17. The molecule has 1 N–H and O–H groups in total. The second kappa shape index (κ2) is 6.29. The molecule has 0 aliphatic carbocycles. The Kier molecular flexibility index (Phi) is 5.24. The Hall–Kier alpha value is -1.22. The van der Waals surface area contributed by atoms with Crippen molar-refractivity contribution in [1.82, 2.24) is 5.32 Å². The molecule has 1 aromatic carbocycles. The van der Waals surface area contributed by atoms with E-state index in [1.807, 2.05) is 0 Å². The summed E-state index contributed by atoms with van der Waals surface area (Å²) in [6.07, 6.45) is -3.76. The number of rotatable bonds is 6. The van der Waals surface area contributed by atoms with Crippen LogP contribution in [0.25, 0.3) is 0 Å². The van der Waals surface area contributed by atoms with Crippen LogP contribution in [0.2, 0.25) is 0 Å². The Bertz CT molecular complexity index is 471. The second-order valence-corrected chi connectivity index (χ2v) is 4.47. The summed E-state index contributed by atoms with van der Waals surface area (Å²) in [5.74, 6) is -4.13. The van der Waals surface area contributed by atoms with Crippen molar-refractivity contribution < 1.29 is 22.5 Å². The van der Waals surface area contributed by atoms with Crippen molar-refractivity contribution in [2.24, 2.45) is 0 Å². The molecule has 0 amide bonds. The van der Waals surface area contributed by atoms with Crippen molar-refractivity contribution in [3.8, 4) is 0 Å². The number of nitrogens with one attached hydrogen (secondary N) is 1. The van der Waals surface area contributed by atoms with Crippen LogP contribution in [0.3, 0.4) is 0 Å². The molecule has 0 saturated heterocycles. The number of nitrogens with zero attached hydrogens (tertiary/aromatic N) is 1. The van der Waals surface area contributed by atoms with E-state index in [0.29, 0.717) is 5.56 Å². The SMILES string of the molecule is O=[N+]([O-])c1cccc(CNCC(F)(F)C(F)F)c1Br. The van der Waals surface area contributed by atoms with E-state index >= 15 is 0 Å². The van der Waals surface area contributed by atoms with E-state index in [-0.39, 0.29) is 16.7 Å². The zero-order chi connectivity index (χ0) is 14.6. The molecule has 0 heterocycles. The molecule has 19 heavy (non-hydrogen) atoms. The minimum Gasteiger partial charge on any atom is -0.307 e. The van der Waals surface area contributed by atoms with Gasteiger partial charge in [-0.15, -0.1) is 0 Å². The third kappa shape index (κ3) is 4.13. The molecule has 0 aliphatic rings. The predicted molar refractivity (Wildman–Crippen MR) is 63.5 cm³/mol. The highest BCUT2D eigenvalue weighted by atomic mass is 79.9. The first-order valence-corrected chi connectivity index (χ1v) is 5.83. The van der Waals surface area contributed by atoms with Gasteiger partial charge in [-0.25, -0.2) is 8.78 Å². The fourth-order valence-electron chi connectivity index (χ4n) is 1.28. The van der Waals surface area contributed by atoms with Gasteiger partial charge in [-0.2, -0.15) is 8.78 Å². The van der Waals surface area contributed by atoms with Crippen LogP contribution in [0, 0.1) is 10.1 Å². The quantitative estimate of drug-likeness (QED) is 0.489. The van der Waals surface area contributed by atoms with Crippen molar-refractivity contribution in [2.75, 3.05) is 6.54 Å². The van der Waals surface area contributed by atoms with Gasteiger partial charge in [-0.1, -0.05) is 12.1 Å². The minimum absolute atomic E-state index is 0.132. The maximum absolute atomic E-state index is 12.6. The Morgan fingerprint density at radius 2 is 2.05 bits per heavy atom. The normalized spacial score (nSPS) is 11.9. The van der Waals surface area contributed by atoms with E-state index in [0.717, 1.165) is 0 Å². The van der Waals surface area contributed by atoms with E-state index in [1.54, 1.807) is 0 Å². The van der Waals surface area contributed by atoms with Gasteiger partial charge in [0.15, 0.2) is 0 Å². The smallest absolute Gasteiger partial charge is 0.307 e. The van der Waals surface area contributed by atoms with Gasteiger partial charge in [0.25, 0.3) is 5.69 Å². The molecule has 0 unspecified atom stereocenters. The highest BCUT2D eigenvalue weighted by molar-refractivity contribution is 9.10. The predicted octanol–water partition coefficient (Wildman–Crippen LogP) is 3.35. The van der Waals surface area contributed by atoms with Gasteiger partial charge in [0.2, 0.25) is 0 Å². The van der Waals surface area contributed by atoms with Gasteiger partial charge in [0.1, 0.15) is 0 Å². The van der Waals surface area contributed by atoms with Crippen molar-refractivity contribution in [3.05, 3.63) is 38.3 Å². The highest BCUT2D eigenvalue weighted by Crippen LogP contribution is 2.28. The van der Waals surface area contributed by atoms with Gasteiger partial charge < -0.3 is 5.32 Å². The monoisotopic (exact) mass is 344 g/mol. The lowest BCUT2D eigenvalue weighted by Gasteiger charge is -2.16. The lowest BCUT2D eigenvalue weighted by atomic mass is 10.2. The molecular formula is C10H9BrF4N2O2. The van der Waals surface area contributed by atoms with E-state index in [2.05, 4.69) is 21.2 Å². The van der Waals surface area contributed by atoms with E-state index in [9.17, 15) is 27.7 Å². The molecule has 1 rings (SSSR count). The van der Waals surface area contributed by atoms with Crippen LogP contribution < -0.4 is 5.32 Å². The van der Waals surface area contributed by atoms with Gasteiger partial charge in [0, 0.05) is 12.6 Å². The Balaban J connectivity index is 2.69. The van der Waals surface area contributed by atoms with Crippen LogP contribution in [0.5, 0.6) is 0 Å². The number of hydrogen-bond donors (Lipinski definition) is 1. The lowest BCUT2D eigenvalue weighted by molar-refractivity contribution is -0.385. The van der Waals surface area contributed by atoms with Crippen molar-refractivity contribution in [3.63, 3.8) is 0 Å². The van der Waals surface area contributed by atoms with E-state index in [1.165, 1.54) is 18.2 Å². The Morgan fingerprint density at radius 3 is 2.58 bits per heavy atom. The summed E-state index contributed by atoms with van der Waals surface area (Å²) >= 11 is 2.97. The van der Waals surface area contributed by atoms with Crippen molar-refractivity contribution in [1.29, 1.82) is 0 Å². The zero-order valence-corrected chi connectivity index (χ0v) is 11.0. The maximum Gasteiger partial charge on any atom is 0.319 e. The number of nitro benzene ring substituents is 1. The van der Waals surface area contributed by atoms with Crippen LogP contribution in [0.15, 0.2) is 22.7 Å². The molecular weight excluding hydrogens is 336 g/mol. The highest BCUT2D eigenvalue weighted by Gasteiger charge is 2.40. The van der Waals surface area contributed by atoms with Crippen molar-refractivity contribution >= 4 is 21.6 Å². The third-order valence-electron chi connectivity index (χ3n) is 2.25. The average Bonchev–Trinajstić information content (AvgIpc) is 2.30. The first kappa shape index (κ1) is 15.8. The molecule has 4 nitrogen and oxygen atoms in total. The number of nitro groups is 1. The fourth-order valence-corrected chi connectivity index (χ4v) is 1.83. The van der Waals surface area contributed by atoms with Gasteiger partial charge in [-0.05, 0) is 21.5 Å². The molecule has 0 fully saturated rings. The Morgan fingerprint density at radius 1 is 1.42 bits per heavy atom. The molecule has 0 saturated carbocycles. The standard InChI is InChI=1S/C10H9BrF4N2O2/c11-8-6(2-1-3-7(8)17(18)19)4-16-5-10(14,15)9(12)13/h1-3,9,16H,4-5H2. The number of hydrogen-bond acceptors (Lipinski definition) is 3. The molecule has 0 aromatic heterocycles. The summed E-state index contributed by atoms with van der Waals surface area (Å²) in [6, 6.07) is 4.08. The summed E-state index contributed by atoms with van der Waals surface area (Å²) in [6.45, 7) is -1.40. The van der Waals surface area contributed by atoms with Crippen LogP contribution in [-0.2, 0) is 6.54 Å². The van der Waals surface area contributed by atoms with Crippen LogP contribution in [-0.4, -0.2) is 23.8 Å².